The largest absolute Gasteiger partial charge is 0.371 e. The summed E-state index contributed by atoms with van der Waals surface area (Å²) >= 11 is 0. The summed E-state index contributed by atoms with van der Waals surface area (Å²) in [5, 5.41) is 7.44. The molecule has 0 unspecified atom stereocenters. The third kappa shape index (κ3) is 6.50. The molecule has 254 valence electrons. The van der Waals surface area contributed by atoms with Crippen LogP contribution < -0.4 is 15.5 Å². The Morgan fingerprint density at radius 3 is 2.04 bits per heavy atom. The molecule has 0 radical (unpaired) electrons. The fraction of sp³-hybridized carbons (Fsp3) is 0.256. The molecule has 5 aliphatic rings. The van der Waals surface area contributed by atoms with Crippen molar-refractivity contribution in [2.24, 2.45) is 20.0 Å². The van der Waals surface area contributed by atoms with Crippen LogP contribution in [0.15, 0.2) is 135 Å². The number of benzene rings is 4. The zero-order valence-corrected chi connectivity index (χ0v) is 28.8. The van der Waals surface area contributed by atoms with E-state index in [-0.39, 0.29) is 0 Å². The zero-order valence-electron chi connectivity index (χ0n) is 28.8. The number of rotatable bonds is 8. The van der Waals surface area contributed by atoms with Gasteiger partial charge in [0.2, 0.25) is 11.9 Å². The Morgan fingerprint density at radius 1 is 0.608 bits per heavy atom. The highest BCUT2D eigenvalue weighted by molar-refractivity contribution is 6.24. The minimum atomic E-state index is 0.563. The van der Waals surface area contributed by atoms with Crippen molar-refractivity contribution in [2.75, 3.05) is 28.6 Å². The van der Waals surface area contributed by atoms with Crippen molar-refractivity contribution in [1.82, 2.24) is 4.90 Å². The molecule has 8 heteroatoms. The minimum Gasteiger partial charge on any atom is -0.371 e. The van der Waals surface area contributed by atoms with Gasteiger partial charge in [-0.3, -0.25) is 0 Å². The summed E-state index contributed by atoms with van der Waals surface area (Å²) in [5.41, 5.74) is 11.4. The van der Waals surface area contributed by atoms with Gasteiger partial charge in [0.05, 0.1) is 22.8 Å². The van der Waals surface area contributed by atoms with Gasteiger partial charge in [-0.1, -0.05) is 67.8 Å². The van der Waals surface area contributed by atoms with Crippen molar-refractivity contribution >= 4 is 58.1 Å². The second-order valence-corrected chi connectivity index (χ2v) is 13.9. The first-order valence-corrected chi connectivity index (χ1v) is 18.4. The molecule has 51 heavy (non-hydrogen) atoms. The lowest BCUT2D eigenvalue weighted by Gasteiger charge is -2.32. The molecule has 8 nitrogen and oxygen atoms in total. The summed E-state index contributed by atoms with van der Waals surface area (Å²) in [4.78, 5) is 23.9. The highest BCUT2D eigenvalue weighted by atomic mass is 15.4. The zero-order chi connectivity index (χ0) is 34.0. The van der Waals surface area contributed by atoms with E-state index in [0.717, 1.165) is 64.1 Å². The summed E-state index contributed by atoms with van der Waals surface area (Å²) in [7, 11) is 0. The van der Waals surface area contributed by atoms with Crippen LogP contribution in [-0.4, -0.2) is 42.0 Å². The molecule has 1 saturated carbocycles. The normalized spacial score (nSPS) is 18.5. The van der Waals surface area contributed by atoms with Crippen LogP contribution in [0.5, 0.6) is 0 Å². The van der Waals surface area contributed by atoms with Gasteiger partial charge in [0.1, 0.15) is 6.34 Å². The number of guanidine groups is 2. The molecule has 0 amide bonds. The number of piperidine rings is 1. The molecule has 9 rings (SSSR count). The van der Waals surface area contributed by atoms with Crippen LogP contribution in [0.4, 0.5) is 28.4 Å². The first kappa shape index (κ1) is 31.2. The molecule has 1 aliphatic carbocycles. The lowest BCUT2D eigenvalue weighted by molar-refractivity contribution is 0.444. The lowest BCUT2D eigenvalue weighted by Crippen LogP contribution is -2.40. The highest BCUT2D eigenvalue weighted by Gasteiger charge is 2.32. The number of hydrogen-bond acceptors (Lipinski definition) is 8. The maximum atomic E-state index is 5.09. The number of anilines is 5. The summed E-state index contributed by atoms with van der Waals surface area (Å²) < 4.78 is 0. The highest BCUT2D eigenvalue weighted by Crippen LogP contribution is 2.39. The molecular weight excluding hydrogens is 629 g/mol. The Bertz CT molecular complexity index is 2010. The van der Waals surface area contributed by atoms with Gasteiger partial charge in [0.25, 0.3) is 0 Å². The van der Waals surface area contributed by atoms with Crippen LogP contribution in [-0.2, 0) is 0 Å². The van der Waals surface area contributed by atoms with E-state index in [2.05, 4.69) is 123 Å². The SMILES string of the molecule is C1=NC2=NC(c3ccc(C4CCCCC4)cc3Nc3ccccc3)=CC3=CC(c4ccc(N5CCCCC5)cc4Nc4ccccc4)=NC(=N1)N32. The van der Waals surface area contributed by atoms with E-state index in [1.807, 2.05) is 17.0 Å². The Hall–Kier alpha value is -5.76. The van der Waals surface area contributed by atoms with E-state index in [1.54, 1.807) is 6.34 Å². The Balaban J connectivity index is 1.12. The van der Waals surface area contributed by atoms with E-state index in [4.69, 9.17) is 9.98 Å². The van der Waals surface area contributed by atoms with Crippen LogP contribution in [0.3, 0.4) is 0 Å². The average molecular weight is 671 g/mol. The second-order valence-electron chi connectivity index (χ2n) is 13.9. The van der Waals surface area contributed by atoms with Crippen molar-refractivity contribution < 1.29 is 0 Å². The molecule has 4 heterocycles. The predicted molar refractivity (Wildman–Crippen MR) is 212 cm³/mol. The number of hydrogen-bond donors (Lipinski definition) is 2. The van der Waals surface area contributed by atoms with E-state index in [9.17, 15) is 0 Å². The maximum absolute atomic E-state index is 5.09. The maximum Gasteiger partial charge on any atom is 0.239 e. The number of para-hydroxylation sites is 2. The molecule has 4 aromatic rings. The number of nitrogens with zero attached hydrogens (tertiary/aromatic N) is 6. The van der Waals surface area contributed by atoms with Gasteiger partial charge in [-0.2, -0.15) is 0 Å². The molecule has 2 N–H and O–H groups in total. The van der Waals surface area contributed by atoms with E-state index in [1.165, 1.54) is 62.6 Å². The molecule has 4 aromatic carbocycles. The van der Waals surface area contributed by atoms with Crippen LogP contribution in [0.25, 0.3) is 5.70 Å². The fourth-order valence-corrected chi connectivity index (χ4v) is 7.87. The van der Waals surface area contributed by atoms with Crippen molar-refractivity contribution in [1.29, 1.82) is 0 Å². The summed E-state index contributed by atoms with van der Waals surface area (Å²) in [6.07, 6.45) is 16.0. The summed E-state index contributed by atoms with van der Waals surface area (Å²) in [5.74, 6) is 1.72. The van der Waals surface area contributed by atoms with Gasteiger partial charge < -0.3 is 15.5 Å². The minimum absolute atomic E-state index is 0.563. The molecule has 1 saturated heterocycles. The Labute approximate surface area is 299 Å². The van der Waals surface area contributed by atoms with Gasteiger partial charge in [-0.05, 0) is 104 Å². The van der Waals surface area contributed by atoms with Crippen molar-refractivity contribution in [2.45, 2.75) is 57.3 Å². The van der Waals surface area contributed by atoms with Crippen molar-refractivity contribution in [3.63, 3.8) is 0 Å². The Kier molecular flexibility index (Phi) is 8.49. The predicted octanol–water partition coefficient (Wildman–Crippen LogP) is 10.0. The average Bonchev–Trinajstić information content (AvgIpc) is 3.19. The molecule has 0 spiro atoms. The third-order valence-corrected chi connectivity index (χ3v) is 10.5. The molecular formula is C43H42N8. The van der Waals surface area contributed by atoms with Crippen molar-refractivity contribution in [3.05, 3.63) is 132 Å². The molecule has 4 aliphatic heterocycles. The fourth-order valence-electron chi connectivity index (χ4n) is 7.87. The van der Waals surface area contributed by atoms with Gasteiger partial charge in [-0.15, -0.1) is 0 Å². The quantitative estimate of drug-likeness (QED) is 0.196. The number of nitrogens with one attached hydrogen (secondary N) is 2. The first-order chi connectivity index (χ1) is 25.2. The lowest BCUT2D eigenvalue weighted by atomic mass is 9.83. The Morgan fingerprint density at radius 2 is 1.29 bits per heavy atom. The van der Waals surface area contributed by atoms with Gasteiger partial charge in [-0.25, -0.2) is 24.9 Å². The van der Waals surface area contributed by atoms with Gasteiger partial charge in [0.15, 0.2) is 0 Å². The van der Waals surface area contributed by atoms with Crippen LogP contribution in [0, 0.1) is 0 Å². The van der Waals surface area contributed by atoms with Gasteiger partial charge >= 0.3 is 0 Å². The van der Waals surface area contributed by atoms with Crippen LogP contribution in [0.1, 0.15) is 74.0 Å². The van der Waals surface area contributed by atoms with Crippen LogP contribution in [0.2, 0.25) is 0 Å². The van der Waals surface area contributed by atoms with Crippen molar-refractivity contribution in [3.8, 4) is 0 Å². The third-order valence-electron chi connectivity index (χ3n) is 10.5. The van der Waals surface area contributed by atoms with Crippen LogP contribution >= 0.6 is 0 Å². The summed E-state index contributed by atoms with van der Waals surface area (Å²) in [6.45, 7) is 2.16. The van der Waals surface area contributed by atoms with E-state index in [0.29, 0.717) is 17.8 Å². The smallest absolute Gasteiger partial charge is 0.239 e. The second kappa shape index (κ2) is 13.9. The first-order valence-electron chi connectivity index (χ1n) is 18.4. The van der Waals surface area contributed by atoms with Gasteiger partial charge in [0, 0.05) is 47.0 Å². The topological polar surface area (TPSA) is 80.0 Å². The number of aliphatic imine (C=N–C) groups is 4. The standard InChI is InChI=1S/C43H42N8/c1-5-13-30(14-6-1)31-19-21-36(38(25-31)46-32-15-7-2-8-16-32)40-27-35-28-41(49-43-45-29-44-42(48-40)51(35)43)37-22-20-34(50-23-11-4-12-24-50)26-39(37)47-33-17-9-3-10-18-33/h2-3,7-10,15-22,25-30,46-47H,1,4-6,11-14,23-24H2. The molecule has 2 fully saturated rings. The number of allylic oxidation sites excluding steroid dienone is 2. The van der Waals surface area contributed by atoms with E-state index < -0.39 is 0 Å². The molecule has 0 bridgehead atoms. The molecule has 0 aromatic heterocycles. The summed E-state index contributed by atoms with van der Waals surface area (Å²) in [6, 6.07) is 34.3. The van der Waals surface area contributed by atoms with E-state index >= 15 is 0 Å². The monoisotopic (exact) mass is 670 g/mol. The molecule has 0 atom stereocenters.